The Hall–Kier alpha value is -4.54. The van der Waals surface area contributed by atoms with Crippen molar-refractivity contribution in [3.8, 4) is 6.07 Å². The zero-order valence-corrected chi connectivity index (χ0v) is 24.6. The van der Waals surface area contributed by atoms with E-state index >= 15 is 0 Å². The molecule has 1 aliphatic rings. The Morgan fingerprint density at radius 2 is 1.88 bits per heavy atom. The van der Waals surface area contributed by atoms with Gasteiger partial charge in [0, 0.05) is 24.2 Å². The van der Waals surface area contributed by atoms with Gasteiger partial charge in [0.25, 0.3) is 5.91 Å². The molecular formula is C35H36N4O2S. The van der Waals surface area contributed by atoms with Crippen molar-refractivity contribution in [2.75, 3.05) is 11.4 Å². The fraction of sp³-hybridized carbons (Fsp3) is 0.229. The van der Waals surface area contributed by atoms with Gasteiger partial charge in [-0.2, -0.15) is 5.26 Å². The second-order valence-corrected chi connectivity index (χ2v) is 11.0. The highest BCUT2D eigenvalue weighted by atomic mass is 32.2. The summed E-state index contributed by atoms with van der Waals surface area (Å²) in [4.78, 5) is 19.6. The van der Waals surface area contributed by atoms with E-state index in [0.717, 1.165) is 34.8 Å². The zero-order valence-electron chi connectivity index (χ0n) is 23.8. The molecule has 0 radical (unpaired) electrons. The summed E-state index contributed by atoms with van der Waals surface area (Å²) in [5, 5.41) is 23.9. The lowest BCUT2D eigenvalue weighted by atomic mass is 9.93. The maximum Gasteiger partial charge on any atom is 0.251 e. The highest BCUT2D eigenvalue weighted by Crippen LogP contribution is 2.30. The van der Waals surface area contributed by atoms with Gasteiger partial charge in [0.05, 0.1) is 30.5 Å². The molecule has 6 nitrogen and oxygen atoms in total. The smallest absolute Gasteiger partial charge is 0.251 e. The minimum atomic E-state index is -0.198. The zero-order chi connectivity index (χ0) is 29.7. The number of carbonyl (C=O) groups excluding carboxylic acids is 1. The predicted molar refractivity (Wildman–Crippen MR) is 174 cm³/mol. The van der Waals surface area contributed by atoms with Gasteiger partial charge >= 0.3 is 0 Å². The van der Waals surface area contributed by atoms with Gasteiger partial charge in [-0.25, -0.2) is 0 Å². The largest absolute Gasteiger partial charge is 0.513 e. The molecule has 0 aromatic heterocycles. The second kappa shape index (κ2) is 15.5. The predicted octanol–water partition coefficient (Wildman–Crippen LogP) is 8.15. The monoisotopic (exact) mass is 576 g/mol. The van der Waals surface area contributed by atoms with Crippen LogP contribution in [0.5, 0.6) is 0 Å². The van der Waals surface area contributed by atoms with Crippen molar-refractivity contribution >= 4 is 34.1 Å². The Balaban J connectivity index is 1.61. The van der Waals surface area contributed by atoms with Crippen molar-refractivity contribution in [3.63, 3.8) is 0 Å². The first kappa shape index (κ1) is 30.4. The number of amides is 1. The van der Waals surface area contributed by atoms with Crippen LogP contribution in [0.1, 0.15) is 64.7 Å². The van der Waals surface area contributed by atoms with E-state index < -0.39 is 0 Å². The number of hydrogen-bond acceptors (Lipinski definition) is 5. The molecule has 0 heterocycles. The maximum atomic E-state index is 12.5. The van der Waals surface area contributed by atoms with Crippen LogP contribution >= 0.6 is 11.8 Å². The molecule has 214 valence electrons. The Morgan fingerprint density at radius 3 is 2.55 bits per heavy atom. The average molecular weight is 577 g/mol. The summed E-state index contributed by atoms with van der Waals surface area (Å²) < 4.78 is 0. The van der Waals surface area contributed by atoms with E-state index in [0.29, 0.717) is 37.2 Å². The van der Waals surface area contributed by atoms with Crippen LogP contribution in [-0.2, 0) is 13.1 Å². The number of anilines is 1. The Bertz CT molecular complexity index is 1500. The van der Waals surface area contributed by atoms with E-state index in [-0.39, 0.29) is 11.7 Å². The molecule has 2 N–H and O–H groups in total. The first-order valence-electron chi connectivity index (χ1n) is 14.1. The normalized spacial score (nSPS) is 13.0. The van der Waals surface area contributed by atoms with Gasteiger partial charge in [-0.15, -0.1) is 0 Å². The van der Waals surface area contributed by atoms with Crippen LogP contribution < -0.4 is 10.2 Å². The molecule has 0 bridgehead atoms. The number of nitriles is 1. The molecule has 42 heavy (non-hydrogen) atoms. The molecule has 1 amide bonds. The number of thioether (sulfide) groups is 1. The van der Waals surface area contributed by atoms with Crippen LogP contribution in [0.4, 0.5) is 5.69 Å². The van der Waals surface area contributed by atoms with Crippen molar-refractivity contribution in [1.82, 2.24) is 5.32 Å². The number of aliphatic imine (C=N–C) groups is 1. The van der Waals surface area contributed by atoms with Crippen molar-refractivity contribution in [1.29, 1.82) is 5.26 Å². The molecule has 1 aliphatic carbocycles. The Kier molecular flexibility index (Phi) is 11.2. The molecule has 7 heteroatoms. The molecule has 0 spiro atoms. The Labute approximate surface area is 252 Å². The molecule has 3 aromatic rings. The summed E-state index contributed by atoms with van der Waals surface area (Å²) in [6.07, 6.45) is 7.39. The van der Waals surface area contributed by atoms with E-state index in [1.165, 1.54) is 35.7 Å². The molecule has 0 saturated carbocycles. The highest BCUT2D eigenvalue weighted by Gasteiger charge is 2.16. The van der Waals surface area contributed by atoms with Gasteiger partial charge < -0.3 is 15.3 Å². The third kappa shape index (κ3) is 8.73. The summed E-state index contributed by atoms with van der Waals surface area (Å²) in [5.74, 6) is -0.154. The van der Waals surface area contributed by atoms with E-state index in [1.807, 2.05) is 30.3 Å². The fourth-order valence-corrected chi connectivity index (χ4v) is 5.34. The number of nitrogens with one attached hydrogen (secondary N) is 1. The minimum Gasteiger partial charge on any atom is -0.513 e. The standard InChI is InChI=1S/C35H36N4O2S/c1-3-42-35(38-24-29-9-7-8-28(22-29)23-36)39(33-18-16-31(17-19-33)30-10-5-4-6-11-30)25-27-12-14-32(15-13-27)34(41)37-21-20-26(2)40/h3,7-10,12-19,22,40H,1-2,4-6,11,20-21,24-25H2,(H,37,41). The van der Waals surface area contributed by atoms with Gasteiger partial charge in [-0.3, -0.25) is 9.79 Å². The lowest BCUT2D eigenvalue weighted by Crippen LogP contribution is -2.28. The number of hydrogen-bond donors (Lipinski definition) is 2. The fourth-order valence-electron chi connectivity index (χ4n) is 4.75. The van der Waals surface area contributed by atoms with E-state index in [4.69, 9.17) is 4.99 Å². The molecule has 0 unspecified atom stereocenters. The molecule has 0 atom stereocenters. The van der Waals surface area contributed by atoms with E-state index in [9.17, 15) is 15.2 Å². The van der Waals surface area contributed by atoms with Gasteiger partial charge in [0.15, 0.2) is 5.17 Å². The first-order chi connectivity index (χ1) is 20.5. The number of aliphatic hydroxyl groups is 1. The van der Waals surface area contributed by atoms with Crippen LogP contribution in [0.25, 0.3) is 5.57 Å². The Morgan fingerprint density at radius 1 is 1.10 bits per heavy atom. The van der Waals surface area contributed by atoms with Gasteiger partial charge in [-0.1, -0.05) is 67.4 Å². The lowest BCUT2D eigenvalue weighted by molar-refractivity contribution is 0.0953. The number of aliphatic hydroxyl groups excluding tert-OH is 1. The topological polar surface area (TPSA) is 88.7 Å². The van der Waals surface area contributed by atoms with Gasteiger partial charge in [0.2, 0.25) is 0 Å². The highest BCUT2D eigenvalue weighted by molar-refractivity contribution is 8.16. The molecule has 4 rings (SSSR count). The van der Waals surface area contributed by atoms with Crippen LogP contribution in [0.15, 0.2) is 108 Å². The summed E-state index contributed by atoms with van der Waals surface area (Å²) >= 11 is 1.45. The molecule has 0 fully saturated rings. The molecule has 3 aromatic carbocycles. The summed E-state index contributed by atoms with van der Waals surface area (Å²) in [7, 11) is 0. The molecule has 0 saturated heterocycles. The quantitative estimate of drug-likeness (QED) is 0.137. The number of carbonyl (C=O) groups is 1. The number of benzene rings is 3. The first-order valence-corrected chi connectivity index (χ1v) is 15.0. The summed E-state index contributed by atoms with van der Waals surface area (Å²) in [6.45, 7) is 8.68. The van der Waals surface area contributed by atoms with Crippen molar-refractivity contribution in [2.45, 2.75) is 45.2 Å². The third-order valence-electron chi connectivity index (χ3n) is 6.97. The maximum absolute atomic E-state index is 12.5. The molecule has 0 aliphatic heterocycles. The average Bonchev–Trinajstić information content (AvgIpc) is 3.02. The third-order valence-corrected chi connectivity index (χ3v) is 7.70. The lowest BCUT2D eigenvalue weighted by Gasteiger charge is -2.26. The SMILES string of the molecule is C=CSC(=NCc1cccc(C#N)c1)N(Cc1ccc(C(=O)NCCC(=C)O)cc1)c1ccc(C2=CCCCC2)cc1. The van der Waals surface area contributed by atoms with Crippen LogP contribution in [0.2, 0.25) is 0 Å². The minimum absolute atomic E-state index is 0.0434. The number of nitrogens with zero attached hydrogens (tertiary/aromatic N) is 3. The molecular weight excluding hydrogens is 540 g/mol. The van der Waals surface area contributed by atoms with Crippen molar-refractivity contribution in [3.05, 3.63) is 131 Å². The number of rotatable bonds is 11. The van der Waals surface area contributed by atoms with Gasteiger partial charge in [0.1, 0.15) is 0 Å². The number of allylic oxidation sites excluding steroid dienone is 2. The van der Waals surface area contributed by atoms with Gasteiger partial charge in [-0.05, 0) is 89.8 Å². The van der Waals surface area contributed by atoms with Crippen molar-refractivity contribution < 1.29 is 9.90 Å². The van der Waals surface area contributed by atoms with Crippen LogP contribution in [-0.4, -0.2) is 22.7 Å². The van der Waals surface area contributed by atoms with E-state index in [2.05, 4.69) is 59.8 Å². The summed E-state index contributed by atoms with van der Waals surface area (Å²) in [6, 6.07) is 25.8. The van der Waals surface area contributed by atoms with Crippen LogP contribution in [0.3, 0.4) is 0 Å². The van der Waals surface area contributed by atoms with Crippen molar-refractivity contribution in [2.24, 2.45) is 4.99 Å². The summed E-state index contributed by atoms with van der Waals surface area (Å²) in [5.41, 5.74) is 6.78. The number of amidine groups is 1. The van der Waals surface area contributed by atoms with E-state index in [1.54, 1.807) is 23.6 Å². The van der Waals surface area contributed by atoms with Crippen LogP contribution in [0, 0.1) is 11.3 Å². The second-order valence-electron chi connectivity index (χ2n) is 10.1.